The fourth-order valence-electron chi connectivity index (χ4n) is 4.22. The van der Waals surface area contributed by atoms with Gasteiger partial charge < -0.3 is 20.0 Å². The number of nitrogen functional groups attached to an aromatic ring is 1. The van der Waals surface area contributed by atoms with Crippen LogP contribution in [0, 0.1) is 17.2 Å². The zero-order valence-electron chi connectivity index (χ0n) is 18.0. The normalized spacial score (nSPS) is 24.9. The lowest BCUT2D eigenvalue weighted by atomic mass is 10.0. The molecule has 2 rings (SSSR count). The molecule has 0 unspecified atom stereocenters. The first-order valence-electron chi connectivity index (χ1n) is 10.4. The van der Waals surface area contributed by atoms with Crippen molar-refractivity contribution in [3.63, 3.8) is 0 Å². The Hall–Kier alpha value is -1.73. The SMILES string of the molecule is CCCC[Si](OC[C@H]1O[C@@H](n2ccc(N)nc2=O)[C@@H](C#N)[C@@H]1O)(C(C)C)C(C)C. The minimum Gasteiger partial charge on any atom is -0.414 e. The van der Waals surface area contributed by atoms with Crippen LogP contribution in [0.4, 0.5) is 5.82 Å². The Morgan fingerprint density at radius 1 is 1.41 bits per heavy atom. The standard InChI is InChI=1S/C20H34N4O4Si/c1-6-7-10-29(13(2)3,14(4)5)27-12-16-18(25)15(11-21)19(28-16)24-9-8-17(22)23-20(24)26/h8-9,13-16,18-19,25H,6-7,10,12H2,1-5H3,(H2,22,23,26)/t15-,16+,18-,19+/m0/s1. The lowest BCUT2D eigenvalue weighted by Gasteiger charge is -2.39. The van der Waals surface area contributed by atoms with Gasteiger partial charge in [-0.15, -0.1) is 0 Å². The van der Waals surface area contributed by atoms with Crippen molar-refractivity contribution in [2.45, 2.75) is 83.0 Å². The molecule has 0 spiro atoms. The molecule has 2 heterocycles. The smallest absolute Gasteiger partial charge is 0.351 e. The van der Waals surface area contributed by atoms with Gasteiger partial charge in [0, 0.05) is 6.20 Å². The van der Waals surface area contributed by atoms with Crippen molar-refractivity contribution in [1.29, 1.82) is 5.26 Å². The third-order valence-corrected chi connectivity index (χ3v) is 11.8. The summed E-state index contributed by atoms with van der Waals surface area (Å²) < 4.78 is 13.7. The van der Waals surface area contributed by atoms with Crippen LogP contribution in [-0.4, -0.2) is 41.8 Å². The van der Waals surface area contributed by atoms with E-state index >= 15 is 0 Å². The molecule has 1 aromatic heterocycles. The monoisotopic (exact) mass is 422 g/mol. The zero-order valence-corrected chi connectivity index (χ0v) is 19.0. The molecule has 0 saturated carbocycles. The Bertz CT molecular complexity index is 768. The van der Waals surface area contributed by atoms with Crippen LogP contribution in [0.5, 0.6) is 0 Å². The molecule has 162 valence electrons. The Labute approximate surface area is 173 Å². The van der Waals surface area contributed by atoms with Crippen molar-refractivity contribution in [1.82, 2.24) is 9.55 Å². The number of unbranched alkanes of at least 4 members (excludes halogenated alkanes) is 1. The van der Waals surface area contributed by atoms with Crippen LogP contribution >= 0.6 is 0 Å². The Balaban J connectivity index is 2.22. The van der Waals surface area contributed by atoms with Gasteiger partial charge in [0.1, 0.15) is 23.9 Å². The molecule has 0 amide bonds. The minimum atomic E-state index is -2.09. The zero-order chi connectivity index (χ0) is 21.8. The summed E-state index contributed by atoms with van der Waals surface area (Å²) in [5, 5.41) is 20.3. The van der Waals surface area contributed by atoms with Gasteiger partial charge in [0.05, 0.1) is 12.7 Å². The molecule has 1 fully saturated rings. The average Bonchev–Trinajstić information content (AvgIpc) is 2.97. The topological polar surface area (TPSA) is 123 Å². The molecule has 1 saturated heterocycles. The molecule has 4 atom stereocenters. The summed E-state index contributed by atoms with van der Waals surface area (Å²) in [7, 11) is -2.09. The van der Waals surface area contributed by atoms with E-state index in [0.717, 1.165) is 18.9 Å². The van der Waals surface area contributed by atoms with E-state index in [4.69, 9.17) is 14.9 Å². The second kappa shape index (κ2) is 9.85. The van der Waals surface area contributed by atoms with Crippen molar-refractivity contribution < 1.29 is 14.3 Å². The number of rotatable bonds is 9. The number of hydrogen-bond donors (Lipinski definition) is 2. The van der Waals surface area contributed by atoms with Gasteiger partial charge in [0.25, 0.3) is 0 Å². The quantitative estimate of drug-likeness (QED) is 0.586. The molecule has 1 aliphatic heterocycles. The van der Waals surface area contributed by atoms with Crippen molar-refractivity contribution in [2.24, 2.45) is 5.92 Å². The Morgan fingerprint density at radius 3 is 2.59 bits per heavy atom. The maximum atomic E-state index is 12.2. The summed E-state index contributed by atoms with van der Waals surface area (Å²) in [6, 6.07) is 4.59. The van der Waals surface area contributed by atoms with Crippen LogP contribution in [0.2, 0.25) is 17.1 Å². The molecule has 8 nitrogen and oxygen atoms in total. The lowest BCUT2D eigenvalue weighted by Crippen LogP contribution is -2.47. The molecule has 29 heavy (non-hydrogen) atoms. The molecule has 1 aromatic rings. The average molecular weight is 423 g/mol. The van der Waals surface area contributed by atoms with E-state index in [1.807, 2.05) is 0 Å². The van der Waals surface area contributed by atoms with Crippen LogP contribution in [0.1, 0.15) is 53.7 Å². The Kier molecular flexibility index (Phi) is 7.99. The fraction of sp³-hybridized carbons (Fsp3) is 0.750. The predicted octanol–water partition coefficient (Wildman–Crippen LogP) is 2.81. The van der Waals surface area contributed by atoms with Gasteiger partial charge in [-0.1, -0.05) is 47.5 Å². The van der Waals surface area contributed by atoms with E-state index in [-0.39, 0.29) is 12.4 Å². The number of aliphatic hydroxyl groups excluding tert-OH is 1. The highest BCUT2D eigenvalue weighted by Gasteiger charge is 2.48. The summed E-state index contributed by atoms with van der Waals surface area (Å²) >= 11 is 0. The Morgan fingerprint density at radius 2 is 2.07 bits per heavy atom. The van der Waals surface area contributed by atoms with Gasteiger partial charge >= 0.3 is 5.69 Å². The number of aromatic nitrogens is 2. The lowest BCUT2D eigenvalue weighted by molar-refractivity contribution is -0.0447. The van der Waals surface area contributed by atoms with E-state index in [9.17, 15) is 15.2 Å². The minimum absolute atomic E-state index is 0.0961. The first-order valence-corrected chi connectivity index (χ1v) is 12.7. The first-order chi connectivity index (χ1) is 13.7. The summed E-state index contributed by atoms with van der Waals surface area (Å²) in [5.41, 5.74) is 5.77. The van der Waals surface area contributed by atoms with Gasteiger partial charge in [0.15, 0.2) is 14.5 Å². The van der Waals surface area contributed by atoms with Gasteiger partial charge in [0.2, 0.25) is 0 Å². The van der Waals surface area contributed by atoms with E-state index in [1.54, 1.807) is 0 Å². The highest BCUT2D eigenvalue weighted by molar-refractivity contribution is 6.76. The molecule has 0 bridgehead atoms. The molecular formula is C20H34N4O4Si. The van der Waals surface area contributed by atoms with E-state index in [0.29, 0.717) is 11.1 Å². The largest absolute Gasteiger partial charge is 0.414 e. The predicted molar refractivity (Wildman–Crippen MR) is 114 cm³/mol. The number of nitrogens with zero attached hydrogens (tertiary/aromatic N) is 3. The molecule has 1 aliphatic rings. The number of aliphatic hydroxyl groups is 1. The maximum absolute atomic E-state index is 12.2. The molecule has 0 aromatic carbocycles. The second-order valence-electron chi connectivity index (χ2n) is 8.43. The number of nitriles is 1. The van der Waals surface area contributed by atoms with Gasteiger partial charge in [-0.05, 0) is 23.2 Å². The third-order valence-electron chi connectivity index (χ3n) is 6.04. The van der Waals surface area contributed by atoms with Crippen molar-refractivity contribution in [2.75, 3.05) is 12.3 Å². The third kappa shape index (κ3) is 4.89. The molecular weight excluding hydrogens is 388 g/mol. The first kappa shape index (κ1) is 23.5. The van der Waals surface area contributed by atoms with Crippen molar-refractivity contribution >= 4 is 14.1 Å². The van der Waals surface area contributed by atoms with Crippen LogP contribution in [-0.2, 0) is 9.16 Å². The number of hydrogen-bond acceptors (Lipinski definition) is 7. The highest BCUT2D eigenvalue weighted by Crippen LogP contribution is 2.40. The summed E-state index contributed by atoms with van der Waals surface area (Å²) in [5.74, 6) is -0.796. The van der Waals surface area contributed by atoms with Crippen molar-refractivity contribution in [3.05, 3.63) is 22.7 Å². The fourth-order valence-corrected chi connectivity index (χ4v) is 8.90. The molecule has 0 radical (unpaired) electrons. The number of ether oxygens (including phenoxy) is 1. The maximum Gasteiger partial charge on any atom is 0.351 e. The molecule has 0 aliphatic carbocycles. The number of anilines is 1. The molecule has 3 N–H and O–H groups in total. The van der Waals surface area contributed by atoms with Crippen molar-refractivity contribution in [3.8, 4) is 6.07 Å². The van der Waals surface area contributed by atoms with E-state index in [1.165, 1.54) is 16.8 Å². The van der Waals surface area contributed by atoms with E-state index in [2.05, 4.69) is 45.7 Å². The van der Waals surface area contributed by atoms with Gasteiger partial charge in [-0.3, -0.25) is 4.57 Å². The van der Waals surface area contributed by atoms with Gasteiger partial charge in [-0.2, -0.15) is 10.2 Å². The van der Waals surface area contributed by atoms with Crippen LogP contribution in [0.15, 0.2) is 17.1 Å². The summed E-state index contributed by atoms with van der Waals surface area (Å²) in [6.45, 7) is 11.2. The van der Waals surface area contributed by atoms with Crippen LogP contribution < -0.4 is 11.4 Å². The number of nitrogens with two attached hydrogens (primary N) is 1. The molecule has 9 heteroatoms. The van der Waals surface area contributed by atoms with E-state index < -0.39 is 38.4 Å². The second-order valence-corrected chi connectivity index (χ2v) is 13.4. The van der Waals surface area contributed by atoms with Crippen LogP contribution in [0.3, 0.4) is 0 Å². The highest BCUT2D eigenvalue weighted by atomic mass is 28.4. The van der Waals surface area contributed by atoms with Gasteiger partial charge in [-0.25, -0.2) is 4.79 Å². The van der Waals surface area contributed by atoms with Crippen LogP contribution in [0.25, 0.3) is 0 Å². The summed E-state index contributed by atoms with van der Waals surface area (Å²) in [6.07, 6.45) is 0.997. The summed E-state index contributed by atoms with van der Waals surface area (Å²) in [4.78, 5) is 15.9.